The molecule has 2 aliphatic carbocycles. The highest BCUT2D eigenvalue weighted by atomic mass is 15.0. The van der Waals surface area contributed by atoms with Gasteiger partial charge in [0.05, 0.1) is 115 Å². The van der Waals surface area contributed by atoms with Crippen molar-refractivity contribution >= 4 is 72.1 Å². The molecule has 26 rings (SSSR count). The summed E-state index contributed by atoms with van der Waals surface area (Å²) in [5, 5.41) is 34.2. The minimum atomic E-state index is -0.422. The average molecular weight is 1890 g/mol. The van der Waals surface area contributed by atoms with E-state index in [1.807, 2.05) is 176 Å². The molecule has 0 saturated carbocycles. The van der Waals surface area contributed by atoms with E-state index in [1.54, 1.807) is 0 Å². The summed E-state index contributed by atoms with van der Waals surface area (Å²) in [6, 6.07) is 165. The summed E-state index contributed by atoms with van der Waals surface area (Å²) in [5.41, 5.74) is 39.5. The number of nitriles is 2. The summed E-state index contributed by atoms with van der Waals surface area (Å²) in [5.74, 6) is -0.824. The first-order valence-electron chi connectivity index (χ1n) is 49.8. The van der Waals surface area contributed by atoms with Crippen LogP contribution < -0.4 is 10.6 Å². The zero-order valence-corrected chi connectivity index (χ0v) is 80.3. The van der Waals surface area contributed by atoms with Gasteiger partial charge in [-0.3, -0.25) is 4.98 Å². The summed E-state index contributed by atoms with van der Waals surface area (Å²) in [6.07, 6.45) is 2.16. The number of benzene rings is 16. The van der Waals surface area contributed by atoms with E-state index in [-0.39, 0.29) is 5.92 Å². The lowest BCUT2D eigenvalue weighted by Crippen LogP contribution is -2.30. The lowest BCUT2D eigenvalue weighted by Gasteiger charge is -2.39. The summed E-state index contributed by atoms with van der Waals surface area (Å²) >= 11 is 0. The third-order valence-electron chi connectivity index (χ3n) is 29.2. The van der Waals surface area contributed by atoms with Gasteiger partial charge >= 0.3 is 0 Å². The van der Waals surface area contributed by atoms with Gasteiger partial charge in [0.25, 0.3) is 0 Å². The molecule has 0 radical (unpaired) electrons. The molecule has 12 heteroatoms. The lowest BCUT2D eigenvalue weighted by molar-refractivity contribution is 0.706. The maximum Gasteiger partial charge on any atom is 0.221 e. The quantitative estimate of drug-likeness (QED) is 0.0705. The minimum Gasteiger partial charge on any atom is -0.363 e. The summed E-state index contributed by atoms with van der Waals surface area (Å²) in [7, 11) is 0. The number of fused-ring (bicyclic) bond motifs is 10. The molecule has 3 atom stereocenters. The topological polar surface area (TPSA) is 158 Å². The predicted molar refractivity (Wildman–Crippen MR) is 599 cm³/mol. The van der Waals surface area contributed by atoms with Crippen molar-refractivity contribution in [3.8, 4) is 135 Å². The van der Waals surface area contributed by atoms with Gasteiger partial charge < -0.3 is 10.6 Å². The maximum absolute atomic E-state index is 11.5. The Morgan fingerprint density at radius 1 is 0.264 bits per heavy atom. The highest BCUT2D eigenvalue weighted by Gasteiger charge is 2.43. The van der Waals surface area contributed by atoms with Crippen molar-refractivity contribution in [2.45, 2.75) is 37.0 Å². The highest BCUT2D eigenvalue weighted by Crippen LogP contribution is 2.57. The molecule has 16 aromatic carbocycles. The molecular formula is C136H88N12. The molecule has 0 fully saturated rings. The first-order chi connectivity index (χ1) is 73.3. The Morgan fingerprint density at radius 3 is 1.20 bits per heavy atom. The van der Waals surface area contributed by atoms with Gasteiger partial charge in [0.1, 0.15) is 6.07 Å². The van der Waals surface area contributed by atoms with Crippen LogP contribution in [0.3, 0.4) is 0 Å². The van der Waals surface area contributed by atoms with E-state index in [0.717, 1.165) is 230 Å². The minimum absolute atomic E-state index is 0.00457. The number of aromatic nitrogens is 6. The highest BCUT2D eigenvalue weighted by molar-refractivity contribution is 6.20. The fourth-order valence-electron chi connectivity index (χ4n) is 22.4. The predicted octanol–water partition coefficient (Wildman–Crippen LogP) is 33.0. The third kappa shape index (κ3) is 16.3. The molecule has 12 nitrogen and oxygen atoms in total. The molecule has 2 aliphatic heterocycles. The Labute approximate surface area is 857 Å². The molecule has 0 amide bonds. The molecule has 8 heterocycles. The Morgan fingerprint density at radius 2 is 0.655 bits per heavy atom. The molecule has 22 aromatic rings. The van der Waals surface area contributed by atoms with Crippen molar-refractivity contribution in [3.63, 3.8) is 0 Å². The van der Waals surface area contributed by atoms with E-state index < -0.39 is 11.8 Å². The van der Waals surface area contributed by atoms with Crippen LogP contribution in [0, 0.1) is 35.8 Å². The van der Waals surface area contributed by atoms with Gasteiger partial charge in [0, 0.05) is 78.4 Å². The fraction of sp³-hybridized carbons (Fsp3) is 0.0441. The van der Waals surface area contributed by atoms with E-state index >= 15 is 0 Å². The van der Waals surface area contributed by atoms with E-state index in [2.05, 4.69) is 324 Å². The van der Waals surface area contributed by atoms with Crippen LogP contribution in [-0.2, 0) is 6.42 Å². The molecular weight excluding hydrogens is 1800 g/mol. The van der Waals surface area contributed by atoms with E-state index in [1.165, 1.54) is 11.1 Å². The maximum atomic E-state index is 11.5. The van der Waals surface area contributed by atoms with Crippen molar-refractivity contribution in [3.05, 3.63) is 568 Å². The second kappa shape index (κ2) is 38.8. The number of hydrogen-bond acceptors (Lipinski definition) is 10. The van der Waals surface area contributed by atoms with Gasteiger partial charge in [0.2, 0.25) is 5.69 Å². The number of pyridine rings is 6. The van der Waals surface area contributed by atoms with Gasteiger partial charge in [-0.25, -0.2) is 34.6 Å². The SMILES string of the molecule is [C-]#[N+]C1=C(c2ccccc2)NC2=C(CC(c3ccccc3)c3ccc(-c4ccccc4)nc32)C1c1cccc(C2C(C#N)=C(c3ccccc3)NC3=C2CCc2c(-c4ccccc4)cc(-c4ccccc4)nc23)c1.[C-]#[N+]c1c(-c2ccccc2)nc2c(cc(-c3ccccc3)c3ccc(-c4ccccc4)nc32)c1-c1cccc(-c2c(C#N)c(-c3ccccc3)nc3c2ccc2c(-c4ccccc4)cc(-c4ccccc4)nc23)c1. The van der Waals surface area contributed by atoms with Crippen LogP contribution in [0.5, 0.6) is 0 Å². The number of allylic oxidation sites excluding steroid dienone is 3. The molecule has 4 aliphatic rings. The molecule has 148 heavy (non-hydrogen) atoms. The molecule has 6 aromatic heterocycles. The molecule has 2 N–H and O–H groups in total. The van der Waals surface area contributed by atoms with Crippen LogP contribution >= 0.6 is 0 Å². The zero-order chi connectivity index (χ0) is 99.1. The average Bonchev–Trinajstić information content (AvgIpc) is 0.728. The van der Waals surface area contributed by atoms with Crippen molar-refractivity contribution in [1.82, 2.24) is 40.5 Å². The Balaban J connectivity index is 0.000000154. The van der Waals surface area contributed by atoms with Gasteiger partial charge in [-0.15, -0.1) is 0 Å². The van der Waals surface area contributed by atoms with Gasteiger partial charge in [-0.2, -0.15) is 10.5 Å². The van der Waals surface area contributed by atoms with E-state index in [9.17, 15) is 10.5 Å². The van der Waals surface area contributed by atoms with Gasteiger partial charge in [0.15, 0.2) is 5.70 Å². The Hall–Kier alpha value is -20.0. The standard InChI is InChI=1S/C68H48N6.C68H40N6/c2*1-70-68-61(56-40-54(43-21-8-2-9-22-43)52-37-38-58(45-25-12-4-13-26-45)71-65(52)67(56)74-63(68)48-31-18-7-19-32-48)50-34-20-33-49(39-50)60-53-36-35-51-55(44-23-10-3-11-24-44)41-59(46-27-14-5-15-28-46)72-64(51)66(53)73-62(57(60)42-69)47-29-16-6-17-30-47/h2-34,37-39,41,54,60-61,73-74H,35-36,40H2;2-41H. The third-order valence-corrected chi connectivity index (χ3v) is 29.2. The smallest absolute Gasteiger partial charge is 0.221 e. The van der Waals surface area contributed by atoms with Crippen LogP contribution in [0.15, 0.2) is 490 Å². The van der Waals surface area contributed by atoms with Crippen molar-refractivity contribution < 1.29 is 0 Å². The van der Waals surface area contributed by atoms with Gasteiger partial charge in [-0.1, -0.05) is 425 Å². The van der Waals surface area contributed by atoms with Crippen LogP contribution in [0.1, 0.15) is 86.5 Å². The number of rotatable bonds is 16. The lowest BCUT2D eigenvalue weighted by atomic mass is 9.70. The number of nitrogens with zero attached hydrogens (tertiary/aromatic N) is 10. The van der Waals surface area contributed by atoms with Crippen molar-refractivity contribution in [2.75, 3.05) is 0 Å². The normalized spacial score (nSPS) is 14.4. The van der Waals surface area contributed by atoms with E-state index in [4.69, 9.17) is 43.0 Å². The zero-order valence-electron chi connectivity index (χ0n) is 80.3. The van der Waals surface area contributed by atoms with E-state index in [0.29, 0.717) is 51.4 Å². The second-order valence-corrected chi connectivity index (χ2v) is 37.6. The van der Waals surface area contributed by atoms with Crippen LogP contribution in [0.4, 0.5) is 5.69 Å². The number of hydrogen-bond donors (Lipinski definition) is 2. The summed E-state index contributed by atoms with van der Waals surface area (Å²) < 4.78 is 0. The second-order valence-electron chi connectivity index (χ2n) is 37.6. The number of dihydropyridines is 2. The van der Waals surface area contributed by atoms with Crippen LogP contribution in [0.2, 0.25) is 0 Å². The van der Waals surface area contributed by atoms with Gasteiger partial charge in [-0.05, 0) is 167 Å². The molecule has 3 unspecified atom stereocenters. The van der Waals surface area contributed by atoms with Crippen molar-refractivity contribution in [1.29, 1.82) is 10.5 Å². The first-order valence-corrected chi connectivity index (χ1v) is 49.8. The first kappa shape index (κ1) is 89.3. The summed E-state index contributed by atoms with van der Waals surface area (Å²) in [4.78, 5) is 41.7. The summed E-state index contributed by atoms with van der Waals surface area (Å²) in [6.45, 7) is 18.1. The molecule has 692 valence electrons. The molecule has 0 saturated heterocycles. The monoisotopic (exact) mass is 1890 g/mol. The van der Waals surface area contributed by atoms with Crippen LogP contribution in [0.25, 0.3) is 199 Å². The Bertz CT molecular complexity index is 9350. The largest absolute Gasteiger partial charge is 0.363 e. The number of nitrogens with one attached hydrogen (secondary N) is 2. The molecule has 0 bridgehead atoms. The molecule has 0 spiro atoms. The van der Waals surface area contributed by atoms with Crippen LogP contribution in [-0.4, -0.2) is 29.9 Å². The van der Waals surface area contributed by atoms with Crippen molar-refractivity contribution in [2.24, 2.45) is 0 Å². The Kier molecular flexibility index (Phi) is 23.4. The fourth-order valence-corrected chi connectivity index (χ4v) is 22.4.